The molecule has 27 heavy (non-hydrogen) atoms. The van der Waals surface area contributed by atoms with Crippen molar-refractivity contribution in [3.8, 4) is 0 Å². The Morgan fingerprint density at radius 3 is 0.963 bits per heavy atom. The van der Waals surface area contributed by atoms with Gasteiger partial charge in [0.2, 0.25) is 16.6 Å². The van der Waals surface area contributed by atoms with E-state index >= 15 is 0 Å². The van der Waals surface area contributed by atoms with Crippen molar-refractivity contribution in [2.75, 3.05) is 0 Å². The van der Waals surface area contributed by atoms with Crippen LogP contribution in [0.3, 0.4) is 0 Å². The van der Waals surface area contributed by atoms with Crippen LogP contribution >= 0.6 is 0 Å². The summed E-state index contributed by atoms with van der Waals surface area (Å²) < 4.78 is 7.72. The van der Waals surface area contributed by atoms with Gasteiger partial charge >= 0.3 is 0 Å². The Kier molecular flexibility index (Phi) is 7.29. The second-order valence-corrected chi connectivity index (χ2v) is 18.8. The standard InChI is InChI=1S/C24H38OSi2/c1-19(2)26(20(3)4,23-15-11-9-12-16-23)25-27(21(5)6,22(7)8)24-17-13-10-14-18-24/h9-22H,1-8H3. The van der Waals surface area contributed by atoms with Gasteiger partial charge in [-0.2, -0.15) is 0 Å². The van der Waals surface area contributed by atoms with Crippen LogP contribution in [-0.2, 0) is 4.12 Å². The minimum atomic E-state index is -2.21. The third kappa shape index (κ3) is 4.01. The fraction of sp³-hybridized carbons (Fsp3) is 0.500. The van der Waals surface area contributed by atoms with Crippen molar-refractivity contribution in [3.63, 3.8) is 0 Å². The van der Waals surface area contributed by atoms with Gasteiger partial charge < -0.3 is 4.12 Å². The topological polar surface area (TPSA) is 9.23 Å². The van der Waals surface area contributed by atoms with Crippen molar-refractivity contribution in [2.45, 2.75) is 77.6 Å². The van der Waals surface area contributed by atoms with E-state index < -0.39 is 16.6 Å². The van der Waals surface area contributed by atoms with Crippen molar-refractivity contribution in [2.24, 2.45) is 0 Å². The summed E-state index contributed by atoms with van der Waals surface area (Å²) in [5, 5.41) is 2.90. The molecule has 148 valence electrons. The van der Waals surface area contributed by atoms with Crippen LogP contribution in [-0.4, -0.2) is 16.6 Å². The van der Waals surface area contributed by atoms with Crippen molar-refractivity contribution in [1.29, 1.82) is 0 Å². The molecule has 0 fully saturated rings. The van der Waals surface area contributed by atoms with E-state index in [4.69, 9.17) is 4.12 Å². The predicted octanol–water partition coefficient (Wildman–Crippen LogP) is 6.35. The third-order valence-corrected chi connectivity index (χ3v) is 18.3. The third-order valence-electron chi connectivity index (χ3n) is 6.22. The number of hydrogen-bond donors (Lipinski definition) is 0. The minimum Gasteiger partial charge on any atom is -0.448 e. The van der Waals surface area contributed by atoms with E-state index in [-0.39, 0.29) is 0 Å². The molecule has 2 rings (SSSR count). The number of benzene rings is 2. The Bertz CT molecular complexity index is 615. The lowest BCUT2D eigenvalue weighted by Gasteiger charge is -2.50. The van der Waals surface area contributed by atoms with Crippen LogP contribution in [0.5, 0.6) is 0 Å². The Morgan fingerprint density at radius 2 is 0.741 bits per heavy atom. The molecular formula is C24H38OSi2. The quantitative estimate of drug-likeness (QED) is 0.471. The van der Waals surface area contributed by atoms with Crippen LogP contribution in [0.25, 0.3) is 0 Å². The van der Waals surface area contributed by atoms with Crippen LogP contribution < -0.4 is 10.4 Å². The van der Waals surface area contributed by atoms with Gasteiger partial charge in [-0.1, -0.05) is 116 Å². The molecule has 0 aliphatic heterocycles. The van der Waals surface area contributed by atoms with Crippen molar-refractivity contribution >= 4 is 27.0 Å². The fourth-order valence-electron chi connectivity index (χ4n) is 4.93. The van der Waals surface area contributed by atoms with Crippen LogP contribution in [0.4, 0.5) is 0 Å². The Morgan fingerprint density at radius 1 is 0.481 bits per heavy atom. The maximum absolute atomic E-state index is 7.72. The molecule has 2 aromatic carbocycles. The molecule has 0 aliphatic carbocycles. The van der Waals surface area contributed by atoms with Crippen LogP contribution in [0.15, 0.2) is 60.7 Å². The van der Waals surface area contributed by atoms with Crippen LogP contribution in [0, 0.1) is 0 Å². The highest BCUT2D eigenvalue weighted by atomic mass is 28.4. The first-order valence-corrected chi connectivity index (χ1v) is 14.6. The first kappa shape index (κ1) is 22.1. The molecule has 0 bridgehead atoms. The molecular weight excluding hydrogens is 360 g/mol. The first-order chi connectivity index (χ1) is 12.7. The lowest BCUT2D eigenvalue weighted by atomic mass is 10.4. The lowest BCUT2D eigenvalue weighted by molar-refractivity contribution is 0.481. The van der Waals surface area contributed by atoms with E-state index in [1.54, 1.807) is 0 Å². The van der Waals surface area contributed by atoms with Gasteiger partial charge in [0, 0.05) is 0 Å². The van der Waals surface area contributed by atoms with Crippen molar-refractivity contribution < 1.29 is 4.12 Å². The summed E-state index contributed by atoms with van der Waals surface area (Å²) in [4.78, 5) is 0. The Hall–Kier alpha value is -1.17. The smallest absolute Gasteiger partial charge is 0.217 e. The fourth-order valence-corrected chi connectivity index (χ4v) is 18.6. The Balaban J connectivity index is 2.75. The van der Waals surface area contributed by atoms with E-state index in [2.05, 4.69) is 116 Å². The molecule has 0 aromatic heterocycles. The second-order valence-electron chi connectivity index (χ2n) is 9.04. The zero-order valence-corrected chi connectivity index (χ0v) is 20.5. The summed E-state index contributed by atoms with van der Waals surface area (Å²) in [5.41, 5.74) is 2.09. The summed E-state index contributed by atoms with van der Waals surface area (Å²) >= 11 is 0. The normalized spacial score (nSPS) is 13.2. The highest BCUT2D eigenvalue weighted by Gasteiger charge is 2.54. The molecule has 0 atom stereocenters. The van der Waals surface area contributed by atoms with Gasteiger partial charge in [0.05, 0.1) is 0 Å². The summed E-state index contributed by atoms with van der Waals surface area (Å²) in [6.45, 7) is 19.0. The first-order valence-electron chi connectivity index (χ1n) is 10.5. The summed E-state index contributed by atoms with van der Waals surface area (Å²) in [6, 6.07) is 22.2. The monoisotopic (exact) mass is 398 g/mol. The molecule has 0 unspecified atom stereocenters. The van der Waals surface area contributed by atoms with Gasteiger partial charge in [0.1, 0.15) is 0 Å². The number of hydrogen-bond acceptors (Lipinski definition) is 1. The highest BCUT2D eigenvalue weighted by molar-refractivity contribution is 7.01. The number of rotatable bonds is 8. The van der Waals surface area contributed by atoms with E-state index in [1.807, 2.05) is 0 Å². The second kappa shape index (κ2) is 8.89. The lowest BCUT2D eigenvalue weighted by Crippen LogP contribution is -2.68. The molecule has 0 saturated carbocycles. The molecule has 0 amide bonds. The maximum atomic E-state index is 7.72. The SMILES string of the molecule is CC(C)[Si](O[Si](c1ccccc1)(C(C)C)C(C)C)(c1ccccc1)C(C)C. The molecule has 0 N–H and O–H groups in total. The Labute approximate surface area is 169 Å². The van der Waals surface area contributed by atoms with Gasteiger partial charge in [-0.25, -0.2) is 0 Å². The molecule has 1 nitrogen and oxygen atoms in total. The molecule has 0 heterocycles. The van der Waals surface area contributed by atoms with E-state index in [0.717, 1.165) is 0 Å². The highest BCUT2D eigenvalue weighted by Crippen LogP contribution is 2.42. The van der Waals surface area contributed by atoms with E-state index in [9.17, 15) is 0 Å². The maximum Gasteiger partial charge on any atom is 0.217 e. The molecule has 3 heteroatoms. The van der Waals surface area contributed by atoms with Gasteiger partial charge in [-0.15, -0.1) is 0 Å². The van der Waals surface area contributed by atoms with Crippen molar-refractivity contribution in [3.05, 3.63) is 60.7 Å². The summed E-state index contributed by atoms with van der Waals surface area (Å²) in [7, 11) is -4.42. The summed E-state index contributed by atoms with van der Waals surface area (Å²) in [5.74, 6) is 0. The molecule has 0 aliphatic rings. The summed E-state index contributed by atoms with van der Waals surface area (Å²) in [6.07, 6.45) is 0. The van der Waals surface area contributed by atoms with Crippen molar-refractivity contribution in [1.82, 2.24) is 0 Å². The molecule has 2 aromatic rings. The minimum absolute atomic E-state index is 0.521. The zero-order chi connectivity index (χ0) is 20.2. The molecule has 0 spiro atoms. The van der Waals surface area contributed by atoms with Gasteiger partial charge in [-0.3, -0.25) is 0 Å². The van der Waals surface area contributed by atoms with Gasteiger partial charge in [0.25, 0.3) is 0 Å². The van der Waals surface area contributed by atoms with Gasteiger partial charge in [0.15, 0.2) is 0 Å². The molecule has 0 radical (unpaired) electrons. The van der Waals surface area contributed by atoms with Crippen LogP contribution in [0.1, 0.15) is 55.4 Å². The average Bonchev–Trinajstić information content (AvgIpc) is 2.63. The molecule has 0 saturated heterocycles. The van der Waals surface area contributed by atoms with Gasteiger partial charge in [-0.05, 0) is 32.5 Å². The van der Waals surface area contributed by atoms with E-state index in [1.165, 1.54) is 10.4 Å². The van der Waals surface area contributed by atoms with E-state index in [0.29, 0.717) is 22.2 Å². The predicted molar refractivity (Wildman–Crippen MR) is 125 cm³/mol. The zero-order valence-electron chi connectivity index (χ0n) is 18.5. The average molecular weight is 399 g/mol. The van der Waals surface area contributed by atoms with Crippen LogP contribution in [0.2, 0.25) is 22.2 Å². The largest absolute Gasteiger partial charge is 0.448 e.